The Labute approximate surface area is 205 Å². The first-order valence-corrected chi connectivity index (χ1v) is 11.5. The van der Waals surface area contributed by atoms with Crippen LogP contribution < -0.4 is 10.6 Å². The van der Waals surface area contributed by atoms with Gasteiger partial charge in [0.25, 0.3) is 5.91 Å². The normalized spacial score (nSPS) is 13.4. The number of hydrogen-bond donors (Lipinski definition) is 2. The average Bonchev–Trinajstić information content (AvgIpc) is 3.16. The van der Waals surface area contributed by atoms with Crippen LogP contribution in [0.3, 0.4) is 0 Å². The zero-order chi connectivity index (χ0) is 25.1. The van der Waals surface area contributed by atoms with Crippen molar-refractivity contribution in [2.75, 3.05) is 17.7 Å². The lowest BCUT2D eigenvalue weighted by Gasteiger charge is -2.28. The van der Waals surface area contributed by atoms with Crippen LogP contribution in [0.2, 0.25) is 0 Å². The Balaban J connectivity index is 1.46. The first-order valence-electron chi connectivity index (χ1n) is 11.5. The number of esters is 1. The summed E-state index contributed by atoms with van der Waals surface area (Å²) in [6.07, 6.45) is 0. The van der Waals surface area contributed by atoms with Gasteiger partial charge in [-0.25, -0.2) is 9.59 Å². The molecule has 0 fully saturated rings. The molecule has 0 aromatic heterocycles. The Kier molecular flexibility index (Phi) is 6.87. The maximum atomic E-state index is 13.2. The van der Waals surface area contributed by atoms with Gasteiger partial charge in [0, 0.05) is 23.5 Å². The predicted molar refractivity (Wildman–Crippen MR) is 136 cm³/mol. The molecular formula is C28H29N3O4. The Morgan fingerprint density at radius 1 is 0.886 bits per heavy atom. The van der Waals surface area contributed by atoms with Crippen LogP contribution in [0.25, 0.3) is 11.1 Å². The minimum absolute atomic E-state index is 0.0663. The number of methoxy groups -OCH3 is 1. The van der Waals surface area contributed by atoms with Gasteiger partial charge in [0.2, 0.25) is 0 Å². The minimum Gasteiger partial charge on any atom is -0.467 e. The summed E-state index contributed by atoms with van der Waals surface area (Å²) in [7, 11) is 1.34. The molecule has 1 aliphatic heterocycles. The van der Waals surface area contributed by atoms with Crippen LogP contribution in [-0.2, 0) is 16.1 Å². The molecule has 1 aliphatic rings. The van der Waals surface area contributed by atoms with Gasteiger partial charge in [-0.3, -0.25) is 4.79 Å². The van der Waals surface area contributed by atoms with Crippen molar-refractivity contribution in [1.82, 2.24) is 4.90 Å². The average molecular weight is 472 g/mol. The van der Waals surface area contributed by atoms with Gasteiger partial charge in [0.15, 0.2) is 0 Å². The third kappa shape index (κ3) is 5.19. The molecule has 0 spiro atoms. The second-order valence-electron chi connectivity index (χ2n) is 9.04. The number of carbonyl (C=O) groups is 3. The number of rotatable bonds is 6. The van der Waals surface area contributed by atoms with E-state index in [0.29, 0.717) is 23.5 Å². The van der Waals surface area contributed by atoms with E-state index in [4.69, 9.17) is 4.74 Å². The first-order chi connectivity index (χ1) is 16.8. The molecule has 0 unspecified atom stereocenters. The summed E-state index contributed by atoms with van der Waals surface area (Å²) < 4.78 is 4.94. The smallest absolute Gasteiger partial charge is 0.328 e. The molecule has 0 bridgehead atoms. The fourth-order valence-electron chi connectivity index (χ4n) is 4.28. The van der Waals surface area contributed by atoms with E-state index in [9.17, 15) is 14.4 Å². The molecule has 3 aromatic rings. The van der Waals surface area contributed by atoms with E-state index in [-0.39, 0.29) is 17.9 Å². The number of anilines is 2. The number of fused-ring (bicyclic) bond motifs is 1. The molecule has 1 atom stereocenters. The van der Waals surface area contributed by atoms with Crippen LogP contribution in [0, 0.1) is 12.8 Å². The highest BCUT2D eigenvalue weighted by molar-refractivity contribution is 6.02. The summed E-state index contributed by atoms with van der Waals surface area (Å²) in [5.74, 6) is -0.642. The van der Waals surface area contributed by atoms with Crippen molar-refractivity contribution >= 4 is 29.3 Å². The SMILES string of the molecule is COC(=O)[C@H](C(C)C)N1Cc2ccc(-c3ccc(NC(=O)Nc4ccc(C)cc4)cc3)cc2C1=O. The number of nitrogens with zero attached hydrogens (tertiary/aromatic N) is 1. The molecule has 0 saturated heterocycles. The fourth-order valence-corrected chi connectivity index (χ4v) is 4.28. The van der Waals surface area contributed by atoms with Gasteiger partial charge in [0.1, 0.15) is 6.04 Å². The van der Waals surface area contributed by atoms with E-state index in [0.717, 1.165) is 22.3 Å². The third-order valence-electron chi connectivity index (χ3n) is 6.14. The lowest BCUT2D eigenvalue weighted by Crippen LogP contribution is -2.45. The highest BCUT2D eigenvalue weighted by Gasteiger charge is 2.38. The zero-order valence-corrected chi connectivity index (χ0v) is 20.3. The van der Waals surface area contributed by atoms with Gasteiger partial charge < -0.3 is 20.3 Å². The Hall–Kier alpha value is -4.13. The van der Waals surface area contributed by atoms with Crippen molar-refractivity contribution in [2.45, 2.75) is 33.4 Å². The number of benzene rings is 3. The maximum absolute atomic E-state index is 13.2. The van der Waals surface area contributed by atoms with Crippen molar-refractivity contribution in [3.8, 4) is 11.1 Å². The fraction of sp³-hybridized carbons (Fsp3) is 0.250. The molecule has 7 nitrogen and oxygen atoms in total. The van der Waals surface area contributed by atoms with E-state index in [2.05, 4.69) is 10.6 Å². The Morgan fingerprint density at radius 3 is 2.03 bits per heavy atom. The zero-order valence-electron chi connectivity index (χ0n) is 20.3. The molecule has 35 heavy (non-hydrogen) atoms. The molecule has 0 aliphatic carbocycles. The van der Waals surface area contributed by atoms with Crippen molar-refractivity contribution < 1.29 is 19.1 Å². The van der Waals surface area contributed by atoms with E-state index in [1.165, 1.54) is 7.11 Å². The van der Waals surface area contributed by atoms with E-state index in [1.807, 2.05) is 87.5 Å². The van der Waals surface area contributed by atoms with Crippen LogP contribution in [-0.4, -0.2) is 36.0 Å². The molecule has 0 saturated carbocycles. The van der Waals surface area contributed by atoms with Gasteiger partial charge in [-0.1, -0.05) is 55.8 Å². The molecule has 3 amide bonds. The molecule has 3 aromatic carbocycles. The first kappa shape index (κ1) is 24.0. The Bertz CT molecular complexity index is 1250. The minimum atomic E-state index is -0.625. The molecule has 7 heteroatoms. The monoisotopic (exact) mass is 471 g/mol. The van der Waals surface area contributed by atoms with Gasteiger partial charge in [-0.2, -0.15) is 0 Å². The highest BCUT2D eigenvalue weighted by atomic mass is 16.5. The number of carbonyl (C=O) groups excluding carboxylic acids is 3. The number of aryl methyl sites for hydroxylation is 1. The summed E-state index contributed by atoms with van der Waals surface area (Å²) in [5.41, 5.74) is 5.77. The van der Waals surface area contributed by atoms with Crippen LogP contribution in [0.15, 0.2) is 66.7 Å². The van der Waals surface area contributed by atoms with Gasteiger partial charge in [0.05, 0.1) is 7.11 Å². The molecular weight excluding hydrogens is 442 g/mol. The van der Waals surface area contributed by atoms with Crippen LogP contribution in [0.5, 0.6) is 0 Å². The number of urea groups is 1. The van der Waals surface area contributed by atoms with E-state index in [1.54, 1.807) is 4.90 Å². The van der Waals surface area contributed by atoms with Crippen LogP contribution in [0.4, 0.5) is 16.2 Å². The van der Waals surface area contributed by atoms with Crippen molar-refractivity contribution in [2.24, 2.45) is 5.92 Å². The van der Waals surface area contributed by atoms with Crippen molar-refractivity contribution in [3.63, 3.8) is 0 Å². The molecule has 0 radical (unpaired) electrons. The maximum Gasteiger partial charge on any atom is 0.328 e. The largest absolute Gasteiger partial charge is 0.467 e. The van der Waals surface area contributed by atoms with Crippen molar-refractivity contribution in [1.29, 1.82) is 0 Å². The van der Waals surface area contributed by atoms with Crippen molar-refractivity contribution in [3.05, 3.63) is 83.4 Å². The lowest BCUT2D eigenvalue weighted by atomic mass is 10.00. The summed E-state index contributed by atoms with van der Waals surface area (Å²) in [5, 5.41) is 5.63. The number of amides is 3. The van der Waals surface area contributed by atoms with E-state index < -0.39 is 12.0 Å². The molecule has 1 heterocycles. The highest BCUT2D eigenvalue weighted by Crippen LogP contribution is 2.32. The number of hydrogen-bond acceptors (Lipinski definition) is 4. The second-order valence-corrected chi connectivity index (χ2v) is 9.04. The van der Waals surface area contributed by atoms with Crippen LogP contribution >= 0.6 is 0 Å². The number of ether oxygens (including phenoxy) is 1. The summed E-state index contributed by atoms with van der Waals surface area (Å²) in [6.45, 7) is 6.17. The topological polar surface area (TPSA) is 87.7 Å². The standard InChI is InChI=1S/C28H29N3O4/c1-17(2)25(27(33)35-4)31-16-21-8-7-20(15-24(21)26(31)32)19-9-13-23(14-10-19)30-28(34)29-22-11-5-18(3)6-12-22/h5-15,17,25H,16H2,1-4H3,(H2,29,30,34)/t25-/m0/s1. The summed E-state index contributed by atoms with van der Waals surface area (Å²) in [4.78, 5) is 39.3. The predicted octanol–water partition coefficient (Wildman–Crippen LogP) is 5.46. The van der Waals surface area contributed by atoms with E-state index >= 15 is 0 Å². The van der Waals surface area contributed by atoms with Crippen LogP contribution in [0.1, 0.15) is 35.3 Å². The van der Waals surface area contributed by atoms with Gasteiger partial charge >= 0.3 is 12.0 Å². The number of nitrogens with one attached hydrogen (secondary N) is 2. The second kappa shape index (κ2) is 10.0. The van der Waals surface area contributed by atoms with Gasteiger partial charge in [-0.15, -0.1) is 0 Å². The Morgan fingerprint density at radius 2 is 1.46 bits per heavy atom. The summed E-state index contributed by atoms with van der Waals surface area (Å²) in [6, 6.07) is 19.8. The lowest BCUT2D eigenvalue weighted by molar-refractivity contribution is -0.147. The quantitative estimate of drug-likeness (QED) is 0.468. The molecule has 180 valence electrons. The third-order valence-corrected chi connectivity index (χ3v) is 6.14. The van der Waals surface area contributed by atoms with Gasteiger partial charge in [-0.05, 0) is 59.9 Å². The summed E-state index contributed by atoms with van der Waals surface area (Å²) >= 11 is 0. The molecule has 4 rings (SSSR count). The molecule has 2 N–H and O–H groups in total.